The predicted octanol–water partition coefficient (Wildman–Crippen LogP) is 2.62. The van der Waals surface area contributed by atoms with Crippen LogP contribution in [0, 0.1) is 0 Å². The van der Waals surface area contributed by atoms with Crippen LogP contribution in [0.5, 0.6) is 0 Å². The zero-order valence-electron chi connectivity index (χ0n) is 11.7. The van der Waals surface area contributed by atoms with E-state index in [1.807, 2.05) is 17.8 Å². The van der Waals surface area contributed by atoms with Gasteiger partial charge >= 0.3 is 0 Å². The van der Waals surface area contributed by atoms with E-state index in [-0.39, 0.29) is 6.04 Å². The second kappa shape index (κ2) is 6.96. The number of hydrogen-bond donors (Lipinski definition) is 1. The maximum Gasteiger partial charge on any atom is 0.0962 e. The molecule has 0 aromatic heterocycles. The lowest BCUT2D eigenvalue weighted by atomic mass is 10.2. The molecular weight excluding hydrogens is 254 g/mol. The Labute approximate surface area is 120 Å². The van der Waals surface area contributed by atoms with E-state index >= 15 is 0 Å². The van der Waals surface area contributed by atoms with Gasteiger partial charge in [-0.25, -0.2) is 0 Å². The molecule has 1 aliphatic rings. The third-order valence-corrected chi connectivity index (χ3v) is 4.53. The highest BCUT2D eigenvalue weighted by Gasteiger charge is 2.18. The monoisotopic (exact) mass is 277 g/mol. The first kappa shape index (κ1) is 14.4. The number of thioether (sulfide) groups is 1. The number of benzene rings is 1. The molecule has 1 aromatic rings. The molecule has 0 saturated heterocycles. The van der Waals surface area contributed by atoms with Gasteiger partial charge in [0, 0.05) is 29.8 Å². The third kappa shape index (κ3) is 4.55. The standard InChI is InChI=1S/C15H23N3S/c1-12-10-18(13(2)17-12)9-8-14(16)11-19-15-6-4-3-5-7-15/h3-7,12,14H,8-11,16H2,1-2H3. The first-order valence-electron chi connectivity index (χ1n) is 6.88. The van der Waals surface area contributed by atoms with Gasteiger partial charge in [0.1, 0.15) is 0 Å². The van der Waals surface area contributed by atoms with E-state index in [4.69, 9.17) is 5.73 Å². The van der Waals surface area contributed by atoms with Crippen LogP contribution >= 0.6 is 11.8 Å². The van der Waals surface area contributed by atoms with Crippen molar-refractivity contribution in [3.8, 4) is 0 Å². The maximum absolute atomic E-state index is 6.19. The number of amidine groups is 1. The first-order valence-corrected chi connectivity index (χ1v) is 7.86. The first-order chi connectivity index (χ1) is 9.15. The summed E-state index contributed by atoms with van der Waals surface area (Å²) in [5.74, 6) is 2.14. The van der Waals surface area contributed by atoms with Crippen molar-refractivity contribution in [3.63, 3.8) is 0 Å². The lowest BCUT2D eigenvalue weighted by molar-refractivity contribution is 0.407. The van der Waals surface area contributed by atoms with Gasteiger partial charge in [0.2, 0.25) is 0 Å². The molecule has 104 valence electrons. The fourth-order valence-electron chi connectivity index (χ4n) is 2.27. The quantitative estimate of drug-likeness (QED) is 0.813. The van der Waals surface area contributed by atoms with Gasteiger partial charge in [0.25, 0.3) is 0 Å². The Hall–Kier alpha value is -1.00. The Morgan fingerprint density at radius 3 is 2.79 bits per heavy atom. The minimum Gasteiger partial charge on any atom is -0.358 e. The van der Waals surface area contributed by atoms with Crippen molar-refractivity contribution in [2.75, 3.05) is 18.8 Å². The molecule has 0 bridgehead atoms. The molecule has 0 radical (unpaired) electrons. The highest BCUT2D eigenvalue weighted by atomic mass is 32.2. The summed E-state index contributed by atoms with van der Waals surface area (Å²) in [6.07, 6.45) is 1.03. The van der Waals surface area contributed by atoms with Crippen LogP contribution in [0.4, 0.5) is 0 Å². The molecule has 0 aliphatic carbocycles. The molecule has 1 aliphatic heterocycles. The van der Waals surface area contributed by atoms with Crippen LogP contribution in [0.2, 0.25) is 0 Å². The summed E-state index contributed by atoms with van der Waals surface area (Å²) in [7, 11) is 0. The fourth-order valence-corrected chi connectivity index (χ4v) is 3.19. The smallest absolute Gasteiger partial charge is 0.0962 e. The van der Waals surface area contributed by atoms with Crippen LogP contribution in [0.25, 0.3) is 0 Å². The van der Waals surface area contributed by atoms with Gasteiger partial charge in [-0.15, -0.1) is 11.8 Å². The number of nitrogens with two attached hydrogens (primary N) is 1. The molecule has 0 saturated carbocycles. The van der Waals surface area contributed by atoms with E-state index in [0.717, 1.165) is 31.1 Å². The second-order valence-electron chi connectivity index (χ2n) is 5.14. The summed E-state index contributed by atoms with van der Waals surface area (Å²) in [5.41, 5.74) is 6.19. The predicted molar refractivity (Wildman–Crippen MR) is 83.9 cm³/mol. The molecule has 3 nitrogen and oxygen atoms in total. The van der Waals surface area contributed by atoms with E-state index in [9.17, 15) is 0 Å². The molecule has 4 heteroatoms. The van der Waals surface area contributed by atoms with Gasteiger partial charge < -0.3 is 10.6 Å². The van der Waals surface area contributed by atoms with Crippen molar-refractivity contribution in [2.45, 2.75) is 37.2 Å². The number of aliphatic imine (C=N–C) groups is 1. The largest absolute Gasteiger partial charge is 0.358 e. The summed E-state index contributed by atoms with van der Waals surface area (Å²) in [6.45, 7) is 6.32. The molecule has 2 N–H and O–H groups in total. The molecule has 19 heavy (non-hydrogen) atoms. The zero-order valence-corrected chi connectivity index (χ0v) is 12.6. The minimum atomic E-state index is 0.244. The molecule has 0 fully saturated rings. The molecule has 2 unspecified atom stereocenters. The molecule has 1 heterocycles. The third-order valence-electron chi connectivity index (χ3n) is 3.33. The van der Waals surface area contributed by atoms with Crippen LogP contribution in [0.15, 0.2) is 40.2 Å². The zero-order chi connectivity index (χ0) is 13.7. The van der Waals surface area contributed by atoms with Crippen molar-refractivity contribution in [2.24, 2.45) is 10.7 Å². The Morgan fingerprint density at radius 2 is 2.16 bits per heavy atom. The van der Waals surface area contributed by atoms with E-state index < -0.39 is 0 Å². The lowest BCUT2D eigenvalue weighted by Gasteiger charge is -2.21. The SMILES string of the molecule is CC1=NC(C)CN1CCC(N)CSc1ccccc1. The summed E-state index contributed by atoms with van der Waals surface area (Å²) >= 11 is 1.84. The number of rotatable bonds is 6. The van der Waals surface area contributed by atoms with Gasteiger partial charge in [-0.1, -0.05) is 18.2 Å². The molecule has 2 rings (SSSR count). The molecule has 0 amide bonds. The molecule has 0 spiro atoms. The average molecular weight is 277 g/mol. The van der Waals surface area contributed by atoms with Crippen molar-refractivity contribution >= 4 is 17.6 Å². The van der Waals surface area contributed by atoms with Crippen molar-refractivity contribution < 1.29 is 0 Å². The van der Waals surface area contributed by atoms with Crippen molar-refractivity contribution in [1.29, 1.82) is 0 Å². The van der Waals surface area contributed by atoms with Crippen LogP contribution in [0.1, 0.15) is 20.3 Å². The van der Waals surface area contributed by atoms with Crippen LogP contribution < -0.4 is 5.73 Å². The van der Waals surface area contributed by atoms with Crippen LogP contribution in [-0.2, 0) is 0 Å². The second-order valence-corrected chi connectivity index (χ2v) is 6.24. The van der Waals surface area contributed by atoms with Gasteiger partial charge in [0.05, 0.1) is 11.9 Å². The highest BCUT2D eigenvalue weighted by Crippen LogP contribution is 2.18. The minimum absolute atomic E-state index is 0.244. The Morgan fingerprint density at radius 1 is 1.42 bits per heavy atom. The van der Waals surface area contributed by atoms with Crippen LogP contribution in [-0.4, -0.2) is 41.7 Å². The summed E-state index contributed by atoms with van der Waals surface area (Å²) in [6, 6.07) is 11.1. The van der Waals surface area contributed by atoms with Gasteiger partial charge in [-0.2, -0.15) is 0 Å². The maximum atomic E-state index is 6.19. The Kier molecular flexibility index (Phi) is 5.28. The number of nitrogens with zero attached hydrogens (tertiary/aromatic N) is 2. The topological polar surface area (TPSA) is 41.6 Å². The van der Waals surface area contributed by atoms with E-state index in [1.165, 1.54) is 4.90 Å². The molecule has 2 atom stereocenters. The Bertz CT molecular complexity index is 419. The number of hydrogen-bond acceptors (Lipinski definition) is 4. The van der Waals surface area contributed by atoms with Crippen LogP contribution in [0.3, 0.4) is 0 Å². The molecule has 1 aromatic carbocycles. The van der Waals surface area contributed by atoms with E-state index in [1.54, 1.807) is 0 Å². The summed E-state index contributed by atoms with van der Waals surface area (Å²) < 4.78 is 0. The lowest BCUT2D eigenvalue weighted by Crippen LogP contribution is -2.33. The molecular formula is C15H23N3S. The van der Waals surface area contributed by atoms with Gasteiger partial charge in [0.15, 0.2) is 0 Å². The summed E-state index contributed by atoms with van der Waals surface area (Å²) in [4.78, 5) is 8.18. The normalized spacial score (nSPS) is 20.5. The van der Waals surface area contributed by atoms with E-state index in [0.29, 0.717) is 6.04 Å². The fraction of sp³-hybridized carbons (Fsp3) is 0.533. The van der Waals surface area contributed by atoms with Gasteiger partial charge in [-0.3, -0.25) is 4.99 Å². The average Bonchev–Trinajstić information content (AvgIpc) is 2.73. The van der Waals surface area contributed by atoms with E-state index in [2.05, 4.69) is 48.0 Å². The highest BCUT2D eigenvalue weighted by molar-refractivity contribution is 7.99. The van der Waals surface area contributed by atoms with Crippen molar-refractivity contribution in [1.82, 2.24) is 4.90 Å². The van der Waals surface area contributed by atoms with Crippen molar-refractivity contribution in [3.05, 3.63) is 30.3 Å². The van der Waals surface area contributed by atoms with Gasteiger partial charge in [-0.05, 0) is 32.4 Å². The summed E-state index contributed by atoms with van der Waals surface area (Å²) in [5, 5.41) is 0. The Balaban J connectivity index is 1.68.